The number of esters is 1. The monoisotopic (exact) mass is 393 g/mol. The van der Waals surface area contributed by atoms with Crippen molar-refractivity contribution in [1.82, 2.24) is 3.97 Å². The van der Waals surface area contributed by atoms with Gasteiger partial charge in [0.15, 0.2) is 0 Å². The van der Waals surface area contributed by atoms with Crippen LogP contribution in [0.25, 0.3) is 21.8 Å². The lowest BCUT2D eigenvalue weighted by Crippen LogP contribution is -2.13. The topological polar surface area (TPSA) is 65.4 Å². The molecule has 1 heterocycles. The Bertz CT molecular complexity index is 1300. The van der Waals surface area contributed by atoms with E-state index in [0.717, 1.165) is 5.39 Å². The average molecular weight is 393 g/mol. The molecule has 0 amide bonds. The summed E-state index contributed by atoms with van der Waals surface area (Å²) in [4.78, 5) is 12.5. The molecule has 0 bridgehead atoms. The zero-order valence-electron chi connectivity index (χ0n) is 15.5. The van der Waals surface area contributed by atoms with Crippen LogP contribution in [-0.2, 0) is 14.8 Å². The summed E-state index contributed by atoms with van der Waals surface area (Å²) in [6.07, 6.45) is 0. The van der Waals surface area contributed by atoms with E-state index >= 15 is 0 Å². The fraction of sp³-hybridized carbons (Fsp3) is 0.136. The van der Waals surface area contributed by atoms with E-state index < -0.39 is 16.0 Å². The van der Waals surface area contributed by atoms with Crippen molar-refractivity contribution >= 4 is 37.8 Å². The van der Waals surface area contributed by atoms with E-state index in [4.69, 9.17) is 4.74 Å². The quantitative estimate of drug-likeness (QED) is 0.478. The molecule has 0 atom stereocenters. The zero-order chi connectivity index (χ0) is 19.9. The standard InChI is InChI=1S/C22H19NO4S/c1-3-27-22(24)18-14-19-17-11-7-8-12-20(17)23(21(19)13-15(18)2)28(25,26)16-9-5-4-6-10-16/h4-14H,3H2,1-2H3. The van der Waals surface area contributed by atoms with Crippen LogP contribution >= 0.6 is 0 Å². The van der Waals surface area contributed by atoms with Gasteiger partial charge >= 0.3 is 5.97 Å². The second-order valence-corrected chi connectivity index (χ2v) is 8.29. The maximum absolute atomic E-state index is 13.4. The Labute approximate surface area is 163 Å². The number of carbonyl (C=O) groups excluding carboxylic acids is 1. The van der Waals surface area contributed by atoms with Crippen molar-refractivity contribution in [3.8, 4) is 0 Å². The maximum Gasteiger partial charge on any atom is 0.338 e. The Hall–Kier alpha value is -3.12. The molecule has 4 rings (SSSR count). The number of aryl methyl sites for hydroxylation is 1. The van der Waals surface area contributed by atoms with Gasteiger partial charge in [0.2, 0.25) is 0 Å². The average Bonchev–Trinajstić information content (AvgIpc) is 3.02. The summed E-state index contributed by atoms with van der Waals surface area (Å²) in [7, 11) is -3.81. The van der Waals surface area contributed by atoms with Crippen LogP contribution < -0.4 is 0 Å². The van der Waals surface area contributed by atoms with Gasteiger partial charge in [0, 0.05) is 10.8 Å². The first kappa shape index (κ1) is 18.3. The molecule has 0 unspecified atom stereocenters. The largest absolute Gasteiger partial charge is 0.462 e. The predicted octanol–water partition coefficient (Wildman–Crippen LogP) is 4.52. The minimum atomic E-state index is -3.81. The van der Waals surface area contributed by atoms with Gasteiger partial charge in [-0.1, -0.05) is 36.4 Å². The highest BCUT2D eigenvalue weighted by molar-refractivity contribution is 7.90. The smallest absolute Gasteiger partial charge is 0.338 e. The molecule has 0 radical (unpaired) electrons. The van der Waals surface area contributed by atoms with Crippen molar-refractivity contribution in [1.29, 1.82) is 0 Å². The second kappa shape index (κ2) is 6.80. The van der Waals surface area contributed by atoms with Crippen LogP contribution in [0.5, 0.6) is 0 Å². The fourth-order valence-electron chi connectivity index (χ4n) is 3.47. The number of rotatable bonds is 4. The van der Waals surface area contributed by atoms with Crippen molar-refractivity contribution in [2.45, 2.75) is 18.7 Å². The molecular formula is C22H19NO4S. The zero-order valence-corrected chi connectivity index (χ0v) is 16.4. The van der Waals surface area contributed by atoms with E-state index in [1.165, 1.54) is 3.97 Å². The van der Waals surface area contributed by atoms with Gasteiger partial charge < -0.3 is 4.74 Å². The maximum atomic E-state index is 13.4. The van der Waals surface area contributed by atoms with E-state index in [-0.39, 0.29) is 11.5 Å². The van der Waals surface area contributed by atoms with E-state index in [1.807, 2.05) is 12.1 Å². The van der Waals surface area contributed by atoms with Crippen LogP contribution in [0.15, 0.2) is 71.6 Å². The summed E-state index contributed by atoms with van der Waals surface area (Å²) in [5, 5.41) is 1.46. The van der Waals surface area contributed by atoms with Gasteiger partial charge in [-0.05, 0) is 49.7 Å². The highest BCUT2D eigenvalue weighted by atomic mass is 32.2. The third-order valence-corrected chi connectivity index (χ3v) is 6.49. The van der Waals surface area contributed by atoms with Crippen LogP contribution in [0, 0.1) is 6.92 Å². The summed E-state index contributed by atoms with van der Waals surface area (Å²) in [6, 6.07) is 19.1. The van der Waals surface area contributed by atoms with Gasteiger partial charge in [-0.15, -0.1) is 0 Å². The number of para-hydroxylation sites is 1. The van der Waals surface area contributed by atoms with E-state index in [2.05, 4.69) is 0 Å². The van der Waals surface area contributed by atoms with Gasteiger partial charge in [0.25, 0.3) is 10.0 Å². The number of ether oxygens (including phenoxy) is 1. The SMILES string of the molecule is CCOC(=O)c1cc2c3ccccc3n(S(=O)(=O)c3ccccc3)c2cc1C. The molecule has 0 fully saturated rings. The van der Waals surface area contributed by atoms with Crippen LogP contribution in [0.4, 0.5) is 0 Å². The molecule has 0 aliphatic carbocycles. The Morgan fingerprint density at radius 3 is 2.32 bits per heavy atom. The number of nitrogens with zero attached hydrogens (tertiary/aromatic N) is 1. The molecule has 0 saturated heterocycles. The fourth-order valence-corrected chi connectivity index (χ4v) is 5.01. The van der Waals surface area contributed by atoms with Gasteiger partial charge in [0.1, 0.15) is 0 Å². The summed E-state index contributed by atoms with van der Waals surface area (Å²) in [5.74, 6) is -0.412. The Morgan fingerprint density at radius 1 is 0.929 bits per heavy atom. The number of benzene rings is 3. The lowest BCUT2D eigenvalue weighted by atomic mass is 10.0. The third-order valence-electron chi connectivity index (χ3n) is 4.75. The molecule has 0 spiro atoms. The normalized spacial score (nSPS) is 11.8. The van der Waals surface area contributed by atoms with Crippen LogP contribution in [-0.4, -0.2) is 25.0 Å². The minimum absolute atomic E-state index is 0.213. The molecule has 6 heteroatoms. The van der Waals surface area contributed by atoms with Crippen molar-refractivity contribution in [2.24, 2.45) is 0 Å². The highest BCUT2D eigenvalue weighted by Gasteiger charge is 2.24. The Balaban J connectivity index is 2.09. The first-order chi connectivity index (χ1) is 13.4. The van der Waals surface area contributed by atoms with Gasteiger partial charge in [-0.2, -0.15) is 0 Å². The molecule has 0 aliphatic heterocycles. The van der Waals surface area contributed by atoms with E-state index in [1.54, 1.807) is 68.4 Å². The van der Waals surface area contributed by atoms with Crippen LogP contribution in [0.1, 0.15) is 22.8 Å². The molecule has 1 aromatic heterocycles. The first-order valence-electron chi connectivity index (χ1n) is 8.96. The number of hydrogen-bond donors (Lipinski definition) is 0. The van der Waals surface area contributed by atoms with E-state index in [0.29, 0.717) is 27.5 Å². The Morgan fingerprint density at radius 2 is 1.61 bits per heavy atom. The summed E-state index contributed by atoms with van der Waals surface area (Å²) < 4.78 is 33.4. The molecule has 142 valence electrons. The summed E-state index contributed by atoms with van der Waals surface area (Å²) >= 11 is 0. The first-order valence-corrected chi connectivity index (χ1v) is 10.4. The van der Waals surface area contributed by atoms with Crippen LogP contribution in [0.3, 0.4) is 0 Å². The lowest BCUT2D eigenvalue weighted by molar-refractivity contribution is 0.0525. The van der Waals surface area contributed by atoms with Crippen LogP contribution in [0.2, 0.25) is 0 Å². The third kappa shape index (κ3) is 2.77. The van der Waals surface area contributed by atoms with E-state index in [9.17, 15) is 13.2 Å². The molecule has 0 N–H and O–H groups in total. The number of aromatic nitrogens is 1. The Kier molecular flexibility index (Phi) is 4.43. The number of hydrogen-bond acceptors (Lipinski definition) is 4. The van der Waals surface area contributed by atoms with Crippen molar-refractivity contribution < 1.29 is 17.9 Å². The predicted molar refractivity (Wildman–Crippen MR) is 109 cm³/mol. The van der Waals surface area contributed by atoms with Crippen molar-refractivity contribution in [3.05, 3.63) is 77.9 Å². The lowest BCUT2D eigenvalue weighted by Gasteiger charge is -2.10. The molecule has 4 aromatic rings. The van der Waals surface area contributed by atoms with Crippen molar-refractivity contribution in [2.75, 3.05) is 6.61 Å². The molecule has 3 aromatic carbocycles. The minimum Gasteiger partial charge on any atom is -0.462 e. The molecule has 28 heavy (non-hydrogen) atoms. The number of carbonyl (C=O) groups is 1. The molecular weight excluding hydrogens is 374 g/mol. The molecule has 0 aliphatic rings. The number of fused-ring (bicyclic) bond motifs is 3. The van der Waals surface area contributed by atoms with Gasteiger partial charge in [-0.3, -0.25) is 0 Å². The summed E-state index contributed by atoms with van der Waals surface area (Å²) in [5.41, 5.74) is 2.21. The molecule has 0 saturated carbocycles. The summed E-state index contributed by atoms with van der Waals surface area (Å²) in [6.45, 7) is 3.81. The molecule has 5 nitrogen and oxygen atoms in total. The highest BCUT2D eigenvalue weighted by Crippen LogP contribution is 2.34. The second-order valence-electron chi connectivity index (χ2n) is 6.50. The van der Waals surface area contributed by atoms with Gasteiger partial charge in [-0.25, -0.2) is 17.2 Å². The van der Waals surface area contributed by atoms with Gasteiger partial charge in [0.05, 0.1) is 28.1 Å². The van der Waals surface area contributed by atoms with Crippen molar-refractivity contribution in [3.63, 3.8) is 0 Å².